The summed E-state index contributed by atoms with van der Waals surface area (Å²) in [5, 5.41) is 9.49. The number of aliphatic hydroxyl groups is 1. The van der Waals surface area contributed by atoms with E-state index in [0.29, 0.717) is 11.3 Å². The first-order valence-corrected chi connectivity index (χ1v) is 10.8. The summed E-state index contributed by atoms with van der Waals surface area (Å²) < 4.78 is 32.8. The highest BCUT2D eigenvalue weighted by Crippen LogP contribution is 2.31. The average molecular weight is 454 g/mol. The van der Waals surface area contributed by atoms with Crippen molar-refractivity contribution in [1.82, 2.24) is 4.72 Å². The number of sulfonamides is 1. The van der Waals surface area contributed by atoms with Gasteiger partial charge in [0.1, 0.15) is 6.04 Å². The molecule has 0 spiro atoms. The van der Waals surface area contributed by atoms with Gasteiger partial charge in [0.25, 0.3) is 0 Å². The molecule has 1 aromatic carbocycles. The number of esters is 1. The zero-order valence-corrected chi connectivity index (χ0v) is 18.1. The predicted molar refractivity (Wildman–Crippen MR) is 103 cm³/mol. The number of carbonyl (C=O) groups excluding carboxylic acids is 1. The van der Waals surface area contributed by atoms with E-state index in [0.717, 1.165) is 4.47 Å². The fourth-order valence-corrected chi connectivity index (χ4v) is 5.24. The Bertz CT molecular complexity index is 719. The molecule has 142 valence electrons. The van der Waals surface area contributed by atoms with Gasteiger partial charge < -0.3 is 9.84 Å². The van der Waals surface area contributed by atoms with Crippen LogP contribution in [0.2, 0.25) is 0 Å². The Balaban J connectivity index is 3.18. The molecular formula is C16H24BrNO5S2. The van der Waals surface area contributed by atoms with Crippen LogP contribution in [0.25, 0.3) is 0 Å². The number of rotatable bonds is 8. The zero-order valence-electron chi connectivity index (χ0n) is 14.9. The topological polar surface area (TPSA) is 92.7 Å². The van der Waals surface area contributed by atoms with Crippen molar-refractivity contribution < 1.29 is 23.1 Å². The van der Waals surface area contributed by atoms with Gasteiger partial charge in [-0.1, -0.05) is 15.9 Å². The normalized spacial score (nSPS) is 14.8. The maximum Gasteiger partial charge on any atom is 0.325 e. The van der Waals surface area contributed by atoms with E-state index in [9.17, 15) is 18.3 Å². The molecule has 25 heavy (non-hydrogen) atoms. The first kappa shape index (κ1) is 22.4. The molecule has 9 heteroatoms. The molecule has 0 aliphatic heterocycles. The van der Waals surface area contributed by atoms with Crippen molar-refractivity contribution >= 4 is 43.7 Å². The third-order valence-electron chi connectivity index (χ3n) is 3.53. The number of nitrogens with one attached hydrogen (secondary N) is 1. The SMILES string of the molecule is COC(=O)[C@H](NS(=O)(=O)c1ccc(Br)cc1C)C(C)(C)SCC(C)O. The Hall–Kier alpha value is -0.610. The molecule has 2 N–H and O–H groups in total. The zero-order chi connectivity index (χ0) is 19.4. The molecule has 0 aliphatic carbocycles. The summed E-state index contributed by atoms with van der Waals surface area (Å²) in [6.45, 7) is 6.78. The number of hydrogen-bond acceptors (Lipinski definition) is 6. The second-order valence-electron chi connectivity index (χ2n) is 6.25. The Morgan fingerprint density at radius 2 is 2.04 bits per heavy atom. The molecule has 0 amide bonds. The molecule has 0 radical (unpaired) electrons. The highest BCUT2D eigenvalue weighted by atomic mass is 79.9. The Morgan fingerprint density at radius 1 is 1.44 bits per heavy atom. The number of benzene rings is 1. The number of halogens is 1. The molecule has 1 aromatic rings. The highest BCUT2D eigenvalue weighted by Gasteiger charge is 2.40. The number of ether oxygens (including phenoxy) is 1. The monoisotopic (exact) mass is 453 g/mol. The maximum absolute atomic E-state index is 12.8. The standard InChI is InChI=1S/C16H24BrNO5S2/c1-10-8-12(17)6-7-13(10)25(21,22)18-14(15(20)23-5)16(3,4)24-9-11(2)19/h6-8,11,14,18-19H,9H2,1-5H3/t11?,14-/m0/s1. The first-order chi connectivity index (χ1) is 11.4. The Kier molecular flexibility index (Phi) is 7.94. The van der Waals surface area contributed by atoms with Gasteiger partial charge in [-0.05, 0) is 51.5 Å². The van der Waals surface area contributed by atoms with E-state index in [1.807, 2.05) is 0 Å². The maximum atomic E-state index is 12.8. The minimum atomic E-state index is -3.93. The van der Waals surface area contributed by atoms with Crippen LogP contribution in [0.4, 0.5) is 0 Å². The van der Waals surface area contributed by atoms with Crippen molar-refractivity contribution in [3.8, 4) is 0 Å². The van der Waals surface area contributed by atoms with E-state index in [2.05, 4.69) is 20.7 Å². The Morgan fingerprint density at radius 3 is 2.52 bits per heavy atom. The summed E-state index contributed by atoms with van der Waals surface area (Å²) in [5.74, 6) is -0.319. The lowest BCUT2D eigenvalue weighted by molar-refractivity contribution is -0.143. The molecule has 1 rings (SSSR count). The Labute approximate surface area is 161 Å². The van der Waals surface area contributed by atoms with Crippen molar-refractivity contribution in [1.29, 1.82) is 0 Å². The first-order valence-electron chi connectivity index (χ1n) is 7.59. The third kappa shape index (κ3) is 6.25. The largest absolute Gasteiger partial charge is 0.468 e. The van der Waals surface area contributed by atoms with E-state index in [1.54, 1.807) is 39.8 Å². The van der Waals surface area contributed by atoms with E-state index in [4.69, 9.17) is 4.74 Å². The number of thioether (sulfide) groups is 1. The fourth-order valence-electron chi connectivity index (χ4n) is 2.14. The van der Waals surface area contributed by atoms with Gasteiger partial charge in [0.15, 0.2) is 0 Å². The van der Waals surface area contributed by atoms with Gasteiger partial charge in [-0.25, -0.2) is 8.42 Å². The second-order valence-corrected chi connectivity index (χ2v) is 10.5. The molecule has 1 unspecified atom stereocenters. The summed E-state index contributed by atoms with van der Waals surface area (Å²) in [6, 6.07) is 3.69. The summed E-state index contributed by atoms with van der Waals surface area (Å²) in [6.07, 6.45) is -0.576. The van der Waals surface area contributed by atoms with Gasteiger partial charge in [0.2, 0.25) is 10.0 Å². The molecule has 6 nitrogen and oxygen atoms in total. The van der Waals surface area contributed by atoms with E-state index in [1.165, 1.54) is 24.9 Å². The summed E-state index contributed by atoms with van der Waals surface area (Å²) in [7, 11) is -2.72. The van der Waals surface area contributed by atoms with Crippen LogP contribution in [0.3, 0.4) is 0 Å². The van der Waals surface area contributed by atoms with Gasteiger partial charge in [-0.2, -0.15) is 16.5 Å². The summed E-state index contributed by atoms with van der Waals surface area (Å²) >= 11 is 4.59. The molecule has 0 bridgehead atoms. The lowest BCUT2D eigenvalue weighted by atomic mass is 10.0. The van der Waals surface area contributed by atoms with Gasteiger partial charge >= 0.3 is 5.97 Å². The number of methoxy groups -OCH3 is 1. The molecule has 0 heterocycles. The van der Waals surface area contributed by atoms with Crippen molar-refractivity contribution in [2.24, 2.45) is 0 Å². The number of aliphatic hydroxyl groups excluding tert-OH is 1. The molecule has 0 saturated carbocycles. The van der Waals surface area contributed by atoms with Crippen LogP contribution in [0.15, 0.2) is 27.6 Å². The van der Waals surface area contributed by atoms with Crippen LogP contribution in [0.1, 0.15) is 26.3 Å². The minimum Gasteiger partial charge on any atom is -0.468 e. The van der Waals surface area contributed by atoms with Crippen molar-refractivity contribution in [3.05, 3.63) is 28.2 Å². The highest BCUT2D eigenvalue weighted by molar-refractivity contribution is 9.10. The fraction of sp³-hybridized carbons (Fsp3) is 0.562. The predicted octanol–water partition coefficient (Wildman–Crippen LogP) is 2.47. The number of aryl methyl sites for hydroxylation is 1. The smallest absolute Gasteiger partial charge is 0.325 e. The molecule has 0 aliphatic rings. The van der Waals surface area contributed by atoms with Crippen molar-refractivity contribution in [3.63, 3.8) is 0 Å². The molecule has 2 atom stereocenters. The quantitative estimate of drug-likeness (QED) is 0.587. The number of carbonyl (C=O) groups is 1. The van der Waals surface area contributed by atoms with E-state index in [-0.39, 0.29) is 4.90 Å². The van der Waals surface area contributed by atoms with Crippen LogP contribution in [-0.2, 0) is 19.6 Å². The van der Waals surface area contributed by atoms with Crippen LogP contribution >= 0.6 is 27.7 Å². The van der Waals surface area contributed by atoms with Gasteiger partial charge in [-0.3, -0.25) is 4.79 Å². The van der Waals surface area contributed by atoms with Gasteiger partial charge in [0.05, 0.1) is 18.1 Å². The lowest BCUT2D eigenvalue weighted by Gasteiger charge is -2.32. The number of hydrogen-bond donors (Lipinski definition) is 2. The minimum absolute atomic E-state index is 0.0981. The molecular weight excluding hydrogens is 430 g/mol. The summed E-state index contributed by atoms with van der Waals surface area (Å²) in [4.78, 5) is 12.3. The third-order valence-corrected chi connectivity index (χ3v) is 7.23. The lowest BCUT2D eigenvalue weighted by Crippen LogP contribution is -2.53. The average Bonchev–Trinajstić information content (AvgIpc) is 2.49. The van der Waals surface area contributed by atoms with Crippen molar-refractivity contribution in [2.75, 3.05) is 12.9 Å². The van der Waals surface area contributed by atoms with E-state index < -0.39 is 32.9 Å². The second kappa shape index (κ2) is 8.85. The van der Waals surface area contributed by atoms with Crippen LogP contribution in [0.5, 0.6) is 0 Å². The summed E-state index contributed by atoms with van der Waals surface area (Å²) in [5.41, 5.74) is 0.555. The molecule has 0 fully saturated rings. The van der Waals surface area contributed by atoms with Crippen LogP contribution in [-0.4, -0.2) is 49.2 Å². The molecule has 0 aromatic heterocycles. The van der Waals surface area contributed by atoms with Crippen LogP contribution < -0.4 is 4.72 Å². The van der Waals surface area contributed by atoms with Crippen LogP contribution in [0, 0.1) is 6.92 Å². The van der Waals surface area contributed by atoms with Crippen molar-refractivity contribution in [2.45, 2.75) is 49.5 Å². The van der Waals surface area contributed by atoms with Gasteiger partial charge in [0, 0.05) is 15.0 Å². The van der Waals surface area contributed by atoms with E-state index >= 15 is 0 Å². The molecule has 0 saturated heterocycles. The van der Waals surface area contributed by atoms with Gasteiger partial charge in [-0.15, -0.1) is 0 Å².